The Morgan fingerprint density at radius 3 is 1.06 bits per heavy atom. The highest BCUT2D eigenvalue weighted by Gasteiger charge is 2.22. The third-order valence-corrected chi connectivity index (χ3v) is 16.7. The van der Waals surface area contributed by atoms with E-state index in [4.69, 9.17) is 26.0 Å². The number of aryl methyl sites for hydroxylation is 6. The van der Waals surface area contributed by atoms with Crippen molar-refractivity contribution in [2.24, 2.45) is 42.3 Å². The summed E-state index contributed by atoms with van der Waals surface area (Å²) in [6, 6.07) is 14.9. The first kappa shape index (κ1) is 114. The molecular formula is C91H107F4N22O17P. The van der Waals surface area contributed by atoms with E-state index < -0.39 is 77.8 Å². The summed E-state index contributed by atoms with van der Waals surface area (Å²) in [4.78, 5) is 112. The van der Waals surface area contributed by atoms with Crippen LogP contribution in [-0.4, -0.2) is 179 Å². The Bertz CT molecular complexity index is 6020. The first-order valence-electron chi connectivity index (χ1n) is 39.2. The van der Waals surface area contributed by atoms with Gasteiger partial charge in [-0.1, -0.05) is 0 Å². The van der Waals surface area contributed by atoms with E-state index in [-0.39, 0.29) is 58.1 Å². The van der Waals surface area contributed by atoms with E-state index in [0.29, 0.717) is 16.9 Å². The molecule has 0 radical (unpaired) electrons. The average molecular weight is 1890 g/mol. The number of nitrogens with two attached hydrogens (primary N) is 2. The molecule has 0 fully saturated rings. The van der Waals surface area contributed by atoms with Gasteiger partial charge < -0.3 is 61.3 Å². The first-order valence-corrected chi connectivity index (χ1v) is 41.4. The summed E-state index contributed by atoms with van der Waals surface area (Å²) >= 11 is 0. The minimum Gasteiger partial charge on any atom is -0.478 e. The fourth-order valence-electron chi connectivity index (χ4n) is 9.20. The number of aromatic nitrogens is 14. The number of hydrogen-bond donors (Lipinski definition) is 10. The number of H-pyrrole nitrogens is 1. The van der Waals surface area contributed by atoms with Crippen LogP contribution < -0.4 is 43.4 Å². The lowest BCUT2D eigenvalue weighted by atomic mass is 10.2. The van der Waals surface area contributed by atoms with Gasteiger partial charge in [0.25, 0.3) is 0 Å². The number of aliphatic carboxylic acids is 1. The van der Waals surface area contributed by atoms with Crippen LogP contribution in [0.5, 0.6) is 0 Å². The number of terminal acetylenes is 2. The van der Waals surface area contributed by atoms with Crippen molar-refractivity contribution in [2.45, 2.75) is 59.7 Å². The van der Waals surface area contributed by atoms with E-state index in [1.54, 1.807) is 217 Å². The number of amides is 6. The molecular weight excluding hydrogens is 1780 g/mol. The van der Waals surface area contributed by atoms with Gasteiger partial charge in [-0.3, -0.25) is 77.2 Å². The maximum Gasteiger partial charge on any atom is 0.412 e. The summed E-state index contributed by atoms with van der Waals surface area (Å²) in [5.74, 6) is -3.23. The molecule has 7 aromatic heterocycles. The Kier molecular flexibility index (Phi) is 50.0. The van der Waals surface area contributed by atoms with Crippen molar-refractivity contribution in [3.05, 3.63) is 258 Å². The lowest BCUT2D eigenvalue weighted by Gasteiger charge is -2.20. The van der Waals surface area contributed by atoms with Crippen molar-refractivity contribution < 1.29 is 98.6 Å². The summed E-state index contributed by atoms with van der Waals surface area (Å²) in [5, 5.41) is 53.2. The van der Waals surface area contributed by atoms with Crippen LogP contribution in [0.3, 0.4) is 0 Å². The highest BCUT2D eigenvalue weighted by atomic mass is 31.2. The molecule has 1 unspecified atom stereocenters. The van der Waals surface area contributed by atoms with Gasteiger partial charge in [0.1, 0.15) is 40.6 Å². The van der Waals surface area contributed by atoms with Crippen LogP contribution in [0.25, 0.3) is 36.5 Å². The second-order valence-electron chi connectivity index (χ2n) is 29.0. The number of halogens is 4. The number of ether oxygens (including phenoxy) is 4. The molecule has 39 nitrogen and oxygen atoms in total. The van der Waals surface area contributed by atoms with Crippen LogP contribution in [0.15, 0.2) is 196 Å². The zero-order valence-corrected chi connectivity index (χ0v) is 77.8. The fourth-order valence-corrected chi connectivity index (χ4v) is 9.93. The van der Waals surface area contributed by atoms with Crippen molar-refractivity contribution in [1.82, 2.24) is 68.9 Å². The van der Waals surface area contributed by atoms with Crippen LogP contribution in [0.4, 0.5) is 72.6 Å². The van der Waals surface area contributed by atoms with E-state index >= 15 is 0 Å². The quantitative estimate of drug-likeness (QED) is 0.00440. The minimum atomic E-state index is -2.72. The maximum absolute atomic E-state index is 13.5. The molecule has 11 aromatic rings. The lowest BCUT2D eigenvalue weighted by Crippen LogP contribution is -2.27. The number of esters is 2. The number of carbonyl (C=O) groups excluding carboxylic acids is 9. The molecule has 44 heteroatoms. The van der Waals surface area contributed by atoms with Gasteiger partial charge in [-0.25, -0.2) is 36.7 Å². The third kappa shape index (κ3) is 51.0. The molecule has 6 amide bonds. The fraction of sp³-hybridized carbons (Fsp3) is 0.220. The van der Waals surface area contributed by atoms with E-state index in [2.05, 4.69) is 112 Å². The Morgan fingerprint density at radius 1 is 0.452 bits per heavy atom. The molecule has 135 heavy (non-hydrogen) atoms. The number of nitrogens with zero attached hydrogens (tertiary/aromatic N) is 13. The Labute approximate surface area is 776 Å². The predicted octanol–water partition coefficient (Wildman–Crippen LogP) is 13.7. The number of aldehydes is 1. The molecule has 0 aliphatic heterocycles. The van der Waals surface area contributed by atoms with E-state index in [1.165, 1.54) is 131 Å². The zero-order valence-electron chi connectivity index (χ0n) is 76.9. The number of hydrogen-bond acceptors (Lipinski definition) is 25. The van der Waals surface area contributed by atoms with Crippen molar-refractivity contribution in [3.63, 3.8) is 0 Å². The molecule has 11 rings (SSSR count). The number of carboxylic acid groups (broad SMARTS) is 1. The van der Waals surface area contributed by atoms with Crippen LogP contribution in [-0.2, 0) is 104 Å². The summed E-state index contributed by atoms with van der Waals surface area (Å²) in [6.07, 6.45) is 52.3. The Balaban J connectivity index is 0.000000533. The molecule has 0 spiro atoms. The molecule has 0 bridgehead atoms. The monoisotopic (exact) mass is 1890 g/mol. The number of carbonyl (C=O) groups is 10. The summed E-state index contributed by atoms with van der Waals surface area (Å²) in [6.45, 7) is 13.4. The predicted molar refractivity (Wildman–Crippen MR) is 508 cm³/mol. The second-order valence-corrected chi connectivity index (χ2v) is 31.7. The van der Waals surface area contributed by atoms with Gasteiger partial charge in [0.05, 0.1) is 109 Å². The second kappa shape index (κ2) is 59.2. The number of aromatic amines is 1. The van der Waals surface area contributed by atoms with E-state index in [1.807, 2.05) is 7.05 Å². The van der Waals surface area contributed by atoms with Crippen LogP contribution in [0.2, 0.25) is 0 Å². The van der Waals surface area contributed by atoms with E-state index in [0.717, 1.165) is 63.9 Å². The van der Waals surface area contributed by atoms with Crippen LogP contribution in [0, 0.1) is 48.5 Å². The van der Waals surface area contributed by atoms with Gasteiger partial charge in [-0.05, 0) is 158 Å². The van der Waals surface area contributed by atoms with Crippen LogP contribution >= 0.6 is 7.37 Å². The highest BCUT2D eigenvalue weighted by molar-refractivity contribution is 7.59. The molecule has 0 aliphatic rings. The number of rotatable bonds is 22. The molecule has 0 aliphatic carbocycles. The molecule has 1 atom stereocenters. The van der Waals surface area contributed by atoms with Gasteiger partial charge in [0.15, 0.2) is 6.29 Å². The molecule has 716 valence electrons. The average Bonchev–Trinajstić information content (AvgIpc) is 1.83. The van der Waals surface area contributed by atoms with Gasteiger partial charge in [-0.15, -0.1) is 25.2 Å². The smallest absolute Gasteiger partial charge is 0.412 e. The normalized spacial score (nSPS) is 10.9. The number of nitrogens with one attached hydrogen (secondary N) is 7. The highest BCUT2D eigenvalue weighted by Crippen LogP contribution is 2.41. The standard InChI is InChI=1S/2C18H21FN4O3.2C13H13FN4O.C8H10N2O2.C7H8N2O2.C5H11O4P.C4H4N2O.C3H4.C2H2/c1-18(2,3)26-17(25)22-14-7-6-13(19)9-15(14)21-16(24)8-5-12-10-20-23(4)11-12;1-18(2,3)26-17(25)22-15-9-13(19)6-7-14(15)21-16(24)8-5-12-10-20-23(4)11-12;1-18-8-9(7-16-18)2-5-13(19)17-12-4-3-10(14)6-11(12)15;1-18-8-9(7-16-18)2-5-13(19)17-12-6-10(14)3-4-11(12)15;1-10-6-7(5-9-10)3-4-8(11)12-2;1-9-5-6(4-8-9)2-3-7(10)11;1-8-5(6)4-10(3,7)9-2;7-3-4-1-5-6-2-4;1-3-2;1-2/h2*5-11H,1-4H3,(H,21,24)(H,22,25);2*2-8H,15H2,1H3,(H,17,19);3-6H,1-2H3;2-5H,1H3,(H,10,11);4H2,1-3H3;1-3H,(H,5,6);1H,2H3;1-2H/b2*8-5+;2*5-2+;4-3+;3-2+;;;;. The van der Waals surface area contributed by atoms with Gasteiger partial charge >= 0.3 is 30.1 Å². The SMILES string of the molecule is C#C.C#CC.COC(=O)/C=C/c1cnn(C)c1.COC(=O)CP(C)(=O)OC.Cn1cc(/C=C/C(=O)Nc2cc(F)ccc2N)cn1.Cn1cc(/C=C/C(=O)Nc2cc(F)ccc2NC(=O)OC(C)(C)C)cn1.Cn1cc(/C=C/C(=O)Nc2ccc(F)cc2N)cn1.Cn1cc(/C=C/C(=O)Nc2ccc(F)cc2NC(=O)OC(C)(C)C)cn1.Cn1cc(/C=C/C(=O)O)cn1.O=Cc1cn[nH]c1. The summed E-state index contributed by atoms with van der Waals surface area (Å²) in [5.41, 5.74) is 17.0. The Hall–Kier alpha value is -17.1. The third-order valence-electron chi connectivity index (χ3n) is 15.1. The van der Waals surface area contributed by atoms with Crippen LogP contribution in [0.1, 0.15) is 92.2 Å². The largest absolute Gasteiger partial charge is 0.478 e. The topological polar surface area (TPSA) is 514 Å². The molecule has 12 N–H and O–H groups in total. The molecule has 7 heterocycles. The number of anilines is 8. The van der Waals surface area contributed by atoms with Gasteiger partial charge in [-0.2, -0.15) is 35.7 Å². The number of carboxylic acids is 1. The Morgan fingerprint density at radius 2 is 0.756 bits per heavy atom. The van der Waals surface area contributed by atoms with Gasteiger partial charge in [0, 0.05) is 169 Å². The number of nitrogen functional groups attached to an aromatic ring is 2. The van der Waals surface area contributed by atoms with E-state index in [9.17, 15) is 70.1 Å². The van der Waals surface area contributed by atoms with Crippen molar-refractivity contribution in [1.29, 1.82) is 0 Å². The summed E-state index contributed by atoms with van der Waals surface area (Å²) in [7, 11) is 11.9. The molecule has 0 saturated carbocycles. The molecule has 0 saturated heterocycles. The zero-order chi connectivity index (χ0) is 102. The number of methoxy groups -OCH3 is 2. The lowest BCUT2D eigenvalue weighted by molar-refractivity contribution is -0.138. The van der Waals surface area contributed by atoms with Crippen molar-refractivity contribution >= 4 is 149 Å². The molecule has 4 aromatic carbocycles. The number of benzene rings is 4. The van der Waals surface area contributed by atoms with Crippen molar-refractivity contribution in [3.8, 4) is 25.2 Å². The maximum atomic E-state index is 13.5. The summed E-state index contributed by atoms with van der Waals surface area (Å²) < 4.78 is 97.3. The van der Waals surface area contributed by atoms with Gasteiger partial charge in [0.2, 0.25) is 31.0 Å². The van der Waals surface area contributed by atoms with Crippen molar-refractivity contribution in [2.75, 3.05) is 77.5 Å². The first-order chi connectivity index (χ1) is 63.6. The minimum absolute atomic E-state index is 0.0994.